The molecule has 1 N–H and O–H groups in total. The van der Waals surface area contributed by atoms with Crippen LogP contribution in [0, 0.1) is 11.3 Å². The summed E-state index contributed by atoms with van der Waals surface area (Å²) in [4.78, 5) is 0. The van der Waals surface area contributed by atoms with E-state index in [9.17, 15) is 5.11 Å². The quantitative estimate of drug-likeness (QED) is 0.664. The lowest BCUT2D eigenvalue weighted by Crippen LogP contribution is -2.27. The van der Waals surface area contributed by atoms with Gasteiger partial charge in [-0.1, -0.05) is 26.7 Å². The first-order valence-corrected chi connectivity index (χ1v) is 4.78. The molecule has 0 aliphatic carbocycles. The molecule has 12 heavy (non-hydrogen) atoms. The van der Waals surface area contributed by atoms with Crippen LogP contribution >= 0.6 is 0 Å². The molecule has 0 spiro atoms. The Morgan fingerprint density at radius 2 is 1.67 bits per heavy atom. The minimum absolute atomic E-state index is 0.469. The molecule has 70 valence electrons. The Balaban J connectivity index is 3.90. The monoisotopic (exact) mass is 169 g/mol. The lowest BCUT2D eigenvalue weighted by Gasteiger charge is -2.26. The fourth-order valence-electron chi connectivity index (χ4n) is 1.59. The maximum atomic E-state index is 9.99. The zero-order valence-electron chi connectivity index (χ0n) is 8.14. The highest BCUT2D eigenvalue weighted by atomic mass is 16.3. The summed E-state index contributed by atoms with van der Waals surface area (Å²) >= 11 is 0. The summed E-state index contributed by atoms with van der Waals surface area (Å²) in [5.74, 6) is 0. The van der Waals surface area contributed by atoms with Gasteiger partial charge in [0.25, 0.3) is 0 Å². The number of nitrogens with zero attached hydrogens (tertiary/aromatic N) is 1. The maximum absolute atomic E-state index is 9.99. The first-order valence-electron chi connectivity index (χ1n) is 4.78. The van der Waals surface area contributed by atoms with Crippen molar-refractivity contribution in [3.63, 3.8) is 0 Å². The number of rotatable bonds is 6. The van der Waals surface area contributed by atoms with E-state index < -0.39 is 5.60 Å². The Morgan fingerprint density at radius 3 is 2.00 bits per heavy atom. The first kappa shape index (κ1) is 11.4. The van der Waals surface area contributed by atoms with Crippen LogP contribution in [0.15, 0.2) is 0 Å². The average molecular weight is 169 g/mol. The summed E-state index contributed by atoms with van der Waals surface area (Å²) in [5, 5.41) is 18.4. The number of hydrogen-bond donors (Lipinski definition) is 1. The molecule has 0 amide bonds. The molecule has 0 radical (unpaired) electrons. The van der Waals surface area contributed by atoms with E-state index in [-0.39, 0.29) is 0 Å². The van der Waals surface area contributed by atoms with Gasteiger partial charge in [-0.05, 0) is 19.3 Å². The molecule has 0 aliphatic heterocycles. The normalized spacial score (nSPS) is 11.2. The third kappa shape index (κ3) is 4.35. The van der Waals surface area contributed by atoms with Gasteiger partial charge in [-0.2, -0.15) is 5.26 Å². The molecule has 0 bridgehead atoms. The predicted octanol–water partition coefficient (Wildman–Crippen LogP) is 2.62. The van der Waals surface area contributed by atoms with Crippen LogP contribution in [0.2, 0.25) is 0 Å². The molecule has 0 aliphatic rings. The van der Waals surface area contributed by atoms with Crippen LogP contribution in [-0.4, -0.2) is 10.7 Å². The fraction of sp³-hybridized carbons (Fsp3) is 0.900. The van der Waals surface area contributed by atoms with Crippen LogP contribution in [0.25, 0.3) is 0 Å². The Hall–Kier alpha value is -0.550. The Labute approximate surface area is 75.2 Å². The average Bonchev–Trinajstić information content (AvgIpc) is 2.02. The Kier molecular flexibility index (Phi) is 5.74. The molecule has 0 aromatic heterocycles. The molecular weight excluding hydrogens is 150 g/mol. The number of nitriles is 1. The van der Waals surface area contributed by atoms with Crippen molar-refractivity contribution in [3.8, 4) is 6.07 Å². The largest absolute Gasteiger partial charge is 0.390 e. The summed E-state index contributed by atoms with van der Waals surface area (Å²) in [5.41, 5.74) is -0.570. The van der Waals surface area contributed by atoms with Crippen LogP contribution in [0.4, 0.5) is 0 Å². The fourth-order valence-corrected chi connectivity index (χ4v) is 1.59. The van der Waals surface area contributed by atoms with Crippen molar-refractivity contribution >= 4 is 0 Å². The zero-order chi connectivity index (χ0) is 9.45. The van der Waals surface area contributed by atoms with Gasteiger partial charge in [0.1, 0.15) is 0 Å². The SMILES string of the molecule is CCCC(O)(CCC)CCC#N. The van der Waals surface area contributed by atoms with Crippen molar-refractivity contribution in [1.29, 1.82) is 5.26 Å². The van der Waals surface area contributed by atoms with E-state index in [1.165, 1.54) is 0 Å². The Bertz CT molecular complexity index is 142. The van der Waals surface area contributed by atoms with Gasteiger partial charge < -0.3 is 5.11 Å². The molecule has 0 fully saturated rings. The summed E-state index contributed by atoms with van der Waals surface area (Å²) in [6.45, 7) is 4.13. The van der Waals surface area contributed by atoms with Gasteiger partial charge >= 0.3 is 0 Å². The molecular formula is C10H19NO. The second-order valence-electron chi connectivity index (χ2n) is 3.38. The van der Waals surface area contributed by atoms with E-state index in [1.807, 2.05) is 0 Å². The molecule has 0 unspecified atom stereocenters. The second-order valence-corrected chi connectivity index (χ2v) is 3.38. The van der Waals surface area contributed by atoms with Crippen molar-refractivity contribution in [1.82, 2.24) is 0 Å². The molecule has 2 heteroatoms. The Morgan fingerprint density at radius 1 is 1.17 bits per heavy atom. The molecule has 0 saturated heterocycles. The van der Waals surface area contributed by atoms with E-state index in [2.05, 4.69) is 19.9 Å². The van der Waals surface area contributed by atoms with Crippen LogP contribution < -0.4 is 0 Å². The van der Waals surface area contributed by atoms with Gasteiger partial charge in [-0.25, -0.2) is 0 Å². The standard InChI is InChI=1S/C10H19NO/c1-3-6-10(12,7-4-2)8-5-9-11/h12H,3-8H2,1-2H3. The van der Waals surface area contributed by atoms with E-state index in [4.69, 9.17) is 5.26 Å². The van der Waals surface area contributed by atoms with E-state index in [0.29, 0.717) is 12.8 Å². The van der Waals surface area contributed by atoms with Crippen LogP contribution in [0.1, 0.15) is 52.4 Å². The highest BCUT2D eigenvalue weighted by molar-refractivity contribution is 4.82. The van der Waals surface area contributed by atoms with Gasteiger partial charge in [-0.15, -0.1) is 0 Å². The van der Waals surface area contributed by atoms with Crippen molar-refractivity contribution in [3.05, 3.63) is 0 Å². The van der Waals surface area contributed by atoms with Gasteiger partial charge in [0, 0.05) is 6.42 Å². The van der Waals surface area contributed by atoms with Crippen molar-refractivity contribution in [2.45, 2.75) is 58.0 Å². The van der Waals surface area contributed by atoms with Crippen molar-refractivity contribution in [2.75, 3.05) is 0 Å². The van der Waals surface area contributed by atoms with Crippen LogP contribution in [0.5, 0.6) is 0 Å². The lowest BCUT2D eigenvalue weighted by atomic mass is 9.88. The zero-order valence-corrected chi connectivity index (χ0v) is 8.14. The maximum Gasteiger partial charge on any atom is 0.0657 e. The third-order valence-corrected chi connectivity index (χ3v) is 2.13. The molecule has 0 heterocycles. The van der Waals surface area contributed by atoms with Gasteiger partial charge in [-0.3, -0.25) is 0 Å². The number of hydrogen-bond acceptors (Lipinski definition) is 2. The van der Waals surface area contributed by atoms with Gasteiger partial charge in [0.05, 0.1) is 11.7 Å². The van der Waals surface area contributed by atoms with E-state index in [1.54, 1.807) is 0 Å². The van der Waals surface area contributed by atoms with Gasteiger partial charge in [0.2, 0.25) is 0 Å². The highest BCUT2D eigenvalue weighted by Gasteiger charge is 2.23. The topological polar surface area (TPSA) is 44.0 Å². The molecule has 0 atom stereocenters. The first-order chi connectivity index (χ1) is 5.68. The van der Waals surface area contributed by atoms with E-state index >= 15 is 0 Å². The molecule has 0 rings (SSSR count). The van der Waals surface area contributed by atoms with E-state index in [0.717, 1.165) is 25.7 Å². The molecule has 0 saturated carbocycles. The predicted molar refractivity (Wildman–Crippen MR) is 49.6 cm³/mol. The highest BCUT2D eigenvalue weighted by Crippen LogP contribution is 2.24. The molecule has 0 aromatic carbocycles. The summed E-state index contributed by atoms with van der Waals surface area (Å²) < 4.78 is 0. The third-order valence-electron chi connectivity index (χ3n) is 2.13. The minimum atomic E-state index is -0.570. The van der Waals surface area contributed by atoms with Crippen LogP contribution in [0.3, 0.4) is 0 Å². The molecule has 2 nitrogen and oxygen atoms in total. The van der Waals surface area contributed by atoms with Crippen molar-refractivity contribution < 1.29 is 5.11 Å². The van der Waals surface area contributed by atoms with Gasteiger partial charge in [0.15, 0.2) is 0 Å². The van der Waals surface area contributed by atoms with Crippen LogP contribution in [-0.2, 0) is 0 Å². The summed E-state index contributed by atoms with van der Waals surface area (Å²) in [6, 6.07) is 2.08. The summed E-state index contributed by atoms with van der Waals surface area (Å²) in [6.07, 6.45) is 4.72. The summed E-state index contributed by atoms with van der Waals surface area (Å²) in [7, 11) is 0. The second kappa shape index (κ2) is 6.02. The molecule has 0 aromatic rings. The smallest absolute Gasteiger partial charge is 0.0657 e. The minimum Gasteiger partial charge on any atom is -0.390 e. The lowest BCUT2D eigenvalue weighted by molar-refractivity contribution is 0.0142. The number of aliphatic hydroxyl groups is 1. The van der Waals surface area contributed by atoms with Crippen molar-refractivity contribution in [2.24, 2.45) is 0 Å².